The highest BCUT2D eigenvalue weighted by Crippen LogP contribution is 2.15. The van der Waals surface area contributed by atoms with Crippen LogP contribution < -0.4 is 0 Å². The van der Waals surface area contributed by atoms with Crippen molar-refractivity contribution in [2.75, 3.05) is 0 Å². The highest BCUT2D eigenvalue weighted by Gasteiger charge is 2.16. The van der Waals surface area contributed by atoms with Gasteiger partial charge in [-0.1, -0.05) is 19.9 Å². The summed E-state index contributed by atoms with van der Waals surface area (Å²) in [6, 6.07) is 0. The molecule has 0 aromatic rings. The fraction of sp³-hybridized carbons (Fsp3) is 0.667. The van der Waals surface area contributed by atoms with Gasteiger partial charge in [0.1, 0.15) is 6.10 Å². The van der Waals surface area contributed by atoms with Gasteiger partial charge in [0, 0.05) is 12.5 Å². The minimum Gasteiger partial charge on any atom is -0.459 e. The maximum Gasteiger partial charge on any atom is 0.330 e. The van der Waals surface area contributed by atoms with Crippen molar-refractivity contribution in [1.29, 1.82) is 0 Å². The summed E-state index contributed by atoms with van der Waals surface area (Å²) < 4.78 is 5.07. The third-order valence-electron chi connectivity index (χ3n) is 1.67. The van der Waals surface area contributed by atoms with Crippen molar-refractivity contribution in [2.24, 2.45) is 5.92 Å². The molecule has 1 aliphatic rings. The van der Waals surface area contributed by atoms with Crippen LogP contribution >= 0.6 is 0 Å². The van der Waals surface area contributed by atoms with E-state index in [9.17, 15) is 4.79 Å². The first-order valence-electron chi connectivity index (χ1n) is 4.05. The zero-order chi connectivity index (χ0) is 8.27. The van der Waals surface area contributed by atoms with Crippen LogP contribution in [0.25, 0.3) is 0 Å². The van der Waals surface area contributed by atoms with E-state index < -0.39 is 0 Å². The maximum absolute atomic E-state index is 10.7. The largest absolute Gasteiger partial charge is 0.459 e. The molecule has 1 rings (SSSR count). The molecular weight excluding hydrogens is 140 g/mol. The second kappa shape index (κ2) is 3.56. The smallest absolute Gasteiger partial charge is 0.330 e. The summed E-state index contributed by atoms with van der Waals surface area (Å²) in [5.74, 6) is 0.404. The molecule has 0 radical (unpaired) electrons. The van der Waals surface area contributed by atoms with Crippen LogP contribution in [0.15, 0.2) is 12.2 Å². The Bertz CT molecular complexity index is 170. The van der Waals surface area contributed by atoms with Crippen LogP contribution in [0.1, 0.15) is 26.7 Å². The van der Waals surface area contributed by atoms with Gasteiger partial charge in [0.15, 0.2) is 0 Å². The number of ether oxygens (including phenoxy) is 1. The van der Waals surface area contributed by atoms with Crippen molar-refractivity contribution < 1.29 is 9.53 Å². The first kappa shape index (κ1) is 8.31. The molecule has 0 saturated heterocycles. The number of carbonyl (C=O) groups is 1. The van der Waals surface area contributed by atoms with E-state index in [1.165, 1.54) is 6.08 Å². The first-order chi connectivity index (χ1) is 5.18. The molecule has 0 amide bonds. The second-order valence-corrected chi connectivity index (χ2v) is 3.33. The summed E-state index contributed by atoms with van der Waals surface area (Å²) in [6.45, 7) is 4.26. The summed E-state index contributed by atoms with van der Waals surface area (Å²) in [7, 11) is 0. The monoisotopic (exact) mass is 154 g/mol. The average molecular weight is 154 g/mol. The van der Waals surface area contributed by atoms with Gasteiger partial charge in [-0.25, -0.2) is 4.79 Å². The molecule has 1 heterocycles. The quantitative estimate of drug-likeness (QED) is 0.568. The minimum atomic E-state index is -0.193. The molecule has 0 unspecified atom stereocenters. The van der Waals surface area contributed by atoms with E-state index >= 15 is 0 Å². The third-order valence-corrected chi connectivity index (χ3v) is 1.67. The molecule has 11 heavy (non-hydrogen) atoms. The summed E-state index contributed by atoms with van der Waals surface area (Å²) in [6.07, 6.45) is 5.35. The molecule has 1 atom stereocenters. The SMILES string of the molecule is CC(C)C[C@H]1CC=CC(=O)O1. The Balaban J connectivity index is 2.37. The van der Waals surface area contributed by atoms with Crippen molar-refractivity contribution in [2.45, 2.75) is 32.8 Å². The van der Waals surface area contributed by atoms with Crippen molar-refractivity contribution in [3.05, 3.63) is 12.2 Å². The van der Waals surface area contributed by atoms with Crippen molar-refractivity contribution in [3.63, 3.8) is 0 Å². The molecule has 0 aromatic heterocycles. The summed E-state index contributed by atoms with van der Waals surface area (Å²) in [5, 5.41) is 0. The lowest BCUT2D eigenvalue weighted by atomic mass is 10.0. The van der Waals surface area contributed by atoms with Gasteiger partial charge in [-0.05, 0) is 12.3 Å². The van der Waals surface area contributed by atoms with Gasteiger partial charge in [-0.15, -0.1) is 0 Å². The normalized spacial score (nSPS) is 23.9. The van der Waals surface area contributed by atoms with E-state index in [2.05, 4.69) is 13.8 Å². The Labute approximate surface area is 67.2 Å². The lowest BCUT2D eigenvalue weighted by molar-refractivity contribution is -0.144. The van der Waals surface area contributed by atoms with Crippen molar-refractivity contribution in [1.82, 2.24) is 0 Å². The van der Waals surface area contributed by atoms with E-state index in [-0.39, 0.29) is 12.1 Å². The first-order valence-corrected chi connectivity index (χ1v) is 4.05. The Hall–Kier alpha value is -0.790. The molecule has 62 valence electrons. The highest BCUT2D eigenvalue weighted by atomic mass is 16.5. The maximum atomic E-state index is 10.7. The number of hydrogen-bond acceptors (Lipinski definition) is 2. The van der Waals surface area contributed by atoms with Gasteiger partial charge in [-0.2, -0.15) is 0 Å². The van der Waals surface area contributed by atoms with E-state index in [0.717, 1.165) is 12.8 Å². The molecule has 0 aromatic carbocycles. The molecular formula is C9H14O2. The Morgan fingerprint density at radius 1 is 1.73 bits per heavy atom. The van der Waals surface area contributed by atoms with Crippen LogP contribution in [-0.2, 0) is 9.53 Å². The van der Waals surface area contributed by atoms with Gasteiger partial charge in [0.25, 0.3) is 0 Å². The number of hydrogen-bond donors (Lipinski definition) is 0. The average Bonchev–Trinajstić information content (AvgIpc) is 1.85. The van der Waals surface area contributed by atoms with E-state index in [4.69, 9.17) is 4.74 Å². The predicted octanol–water partition coefficient (Wildman–Crippen LogP) is 1.90. The number of carbonyl (C=O) groups excluding carboxylic acids is 1. The van der Waals surface area contributed by atoms with E-state index in [1.807, 2.05) is 6.08 Å². The van der Waals surface area contributed by atoms with Gasteiger partial charge in [0.2, 0.25) is 0 Å². The minimum absolute atomic E-state index is 0.118. The van der Waals surface area contributed by atoms with Gasteiger partial charge >= 0.3 is 5.97 Å². The third kappa shape index (κ3) is 2.74. The number of esters is 1. The van der Waals surface area contributed by atoms with Crippen LogP contribution in [0.5, 0.6) is 0 Å². The predicted molar refractivity (Wildman–Crippen MR) is 43.1 cm³/mol. The lowest BCUT2D eigenvalue weighted by Crippen LogP contribution is -2.21. The van der Waals surface area contributed by atoms with E-state index in [1.54, 1.807) is 0 Å². The molecule has 0 spiro atoms. The standard InChI is InChI=1S/C9H14O2/c1-7(2)6-8-4-3-5-9(10)11-8/h3,5,7-8H,4,6H2,1-2H3/t8-/m1/s1. The van der Waals surface area contributed by atoms with Crippen LogP contribution in [0.3, 0.4) is 0 Å². The zero-order valence-corrected chi connectivity index (χ0v) is 7.04. The highest BCUT2D eigenvalue weighted by molar-refractivity contribution is 5.82. The van der Waals surface area contributed by atoms with Crippen molar-refractivity contribution in [3.8, 4) is 0 Å². The van der Waals surface area contributed by atoms with Crippen LogP contribution in [0.4, 0.5) is 0 Å². The van der Waals surface area contributed by atoms with Crippen molar-refractivity contribution >= 4 is 5.97 Å². The summed E-state index contributed by atoms with van der Waals surface area (Å²) in [4.78, 5) is 10.7. The Morgan fingerprint density at radius 3 is 3.00 bits per heavy atom. The molecule has 1 aliphatic heterocycles. The molecule has 0 fully saturated rings. The van der Waals surface area contributed by atoms with Gasteiger partial charge in [-0.3, -0.25) is 0 Å². The van der Waals surface area contributed by atoms with Gasteiger partial charge in [0.05, 0.1) is 0 Å². The molecule has 2 nitrogen and oxygen atoms in total. The molecule has 0 N–H and O–H groups in total. The number of cyclic esters (lactones) is 1. The molecule has 0 saturated carbocycles. The fourth-order valence-electron chi connectivity index (χ4n) is 1.24. The summed E-state index contributed by atoms with van der Waals surface area (Å²) >= 11 is 0. The fourth-order valence-corrected chi connectivity index (χ4v) is 1.24. The second-order valence-electron chi connectivity index (χ2n) is 3.33. The molecule has 2 heteroatoms. The topological polar surface area (TPSA) is 26.3 Å². The molecule has 0 bridgehead atoms. The lowest BCUT2D eigenvalue weighted by Gasteiger charge is -2.19. The van der Waals surface area contributed by atoms with Crippen LogP contribution in [0.2, 0.25) is 0 Å². The van der Waals surface area contributed by atoms with Gasteiger partial charge < -0.3 is 4.74 Å². The Morgan fingerprint density at radius 2 is 2.45 bits per heavy atom. The molecule has 0 aliphatic carbocycles. The van der Waals surface area contributed by atoms with Crippen LogP contribution in [0, 0.1) is 5.92 Å². The zero-order valence-electron chi connectivity index (χ0n) is 7.04. The van der Waals surface area contributed by atoms with Crippen LogP contribution in [-0.4, -0.2) is 12.1 Å². The van der Waals surface area contributed by atoms with E-state index in [0.29, 0.717) is 5.92 Å². The Kier molecular flexibility index (Phi) is 2.69. The number of rotatable bonds is 2. The summed E-state index contributed by atoms with van der Waals surface area (Å²) in [5.41, 5.74) is 0.